The maximum atomic E-state index is 14.2. The molecule has 0 atom stereocenters. The predicted molar refractivity (Wildman–Crippen MR) is 91.3 cm³/mol. The molecule has 3 heterocycles. The minimum atomic E-state index is -0.467. The lowest BCUT2D eigenvalue weighted by atomic mass is 10.2. The smallest absolute Gasteiger partial charge is 0.275 e. The molecule has 0 unspecified atom stereocenters. The molecule has 1 aromatic carbocycles. The Labute approximate surface area is 145 Å². The number of imidazole rings is 1. The second-order valence-electron chi connectivity index (χ2n) is 5.11. The highest BCUT2D eigenvalue weighted by molar-refractivity contribution is 7.13. The van der Waals surface area contributed by atoms with Gasteiger partial charge >= 0.3 is 0 Å². The predicted octanol–water partition coefficient (Wildman–Crippen LogP) is 3.98. The van der Waals surface area contributed by atoms with Gasteiger partial charge in [-0.25, -0.2) is 14.4 Å². The van der Waals surface area contributed by atoms with Gasteiger partial charge in [-0.1, -0.05) is 0 Å². The quantitative estimate of drug-likeness (QED) is 0.602. The van der Waals surface area contributed by atoms with Crippen LogP contribution in [-0.4, -0.2) is 20.4 Å². The van der Waals surface area contributed by atoms with Crippen LogP contribution in [0.1, 0.15) is 10.5 Å². The maximum Gasteiger partial charge on any atom is 0.275 e. The zero-order chi connectivity index (χ0) is 17.2. The first-order chi connectivity index (χ1) is 12.2. The summed E-state index contributed by atoms with van der Waals surface area (Å²) in [5.41, 5.74) is 0.943. The number of rotatable bonds is 4. The average Bonchev–Trinajstić information content (AvgIpc) is 3.35. The van der Waals surface area contributed by atoms with E-state index in [-0.39, 0.29) is 5.69 Å². The highest BCUT2D eigenvalue weighted by Gasteiger charge is 2.14. The van der Waals surface area contributed by atoms with Crippen LogP contribution in [0.2, 0.25) is 0 Å². The summed E-state index contributed by atoms with van der Waals surface area (Å²) in [6.45, 7) is 0. The number of anilines is 1. The first-order valence-electron chi connectivity index (χ1n) is 7.29. The molecule has 0 spiro atoms. The van der Waals surface area contributed by atoms with Gasteiger partial charge in [0.05, 0.1) is 18.3 Å². The van der Waals surface area contributed by atoms with Gasteiger partial charge in [0, 0.05) is 23.5 Å². The largest absolute Gasteiger partial charge is 0.462 e. The monoisotopic (exact) mass is 354 g/mol. The van der Waals surface area contributed by atoms with Crippen LogP contribution < -0.4 is 5.32 Å². The fourth-order valence-electron chi connectivity index (χ4n) is 2.28. The Morgan fingerprint density at radius 3 is 2.96 bits per heavy atom. The van der Waals surface area contributed by atoms with Gasteiger partial charge in [-0.05, 0) is 30.3 Å². The van der Waals surface area contributed by atoms with Gasteiger partial charge in [-0.2, -0.15) is 0 Å². The molecule has 4 aromatic rings. The highest BCUT2D eigenvalue weighted by Crippen LogP contribution is 2.25. The van der Waals surface area contributed by atoms with Gasteiger partial charge in [0.15, 0.2) is 10.8 Å². The number of nitrogens with one attached hydrogen (secondary N) is 1. The minimum Gasteiger partial charge on any atom is -0.462 e. The van der Waals surface area contributed by atoms with E-state index in [1.54, 1.807) is 52.9 Å². The zero-order valence-corrected chi connectivity index (χ0v) is 13.5. The second kappa shape index (κ2) is 6.33. The Kier molecular flexibility index (Phi) is 3.87. The third-order valence-electron chi connectivity index (χ3n) is 3.46. The molecule has 8 heteroatoms. The van der Waals surface area contributed by atoms with Crippen molar-refractivity contribution >= 4 is 22.9 Å². The molecule has 0 radical (unpaired) electrons. The lowest BCUT2D eigenvalue weighted by molar-refractivity contribution is 0.102. The molecule has 3 aromatic heterocycles. The number of amides is 1. The number of halogens is 1. The molecule has 0 fully saturated rings. The van der Waals surface area contributed by atoms with E-state index in [4.69, 9.17) is 4.42 Å². The SMILES string of the molecule is O=C(Nc1ccc(-n2ccnc2)c(F)c1)c1csc(-c2ccco2)n1. The fourth-order valence-corrected chi connectivity index (χ4v) is 3.05. The number of carbonyl (C=O) groups excluding carboxylic acids is 1. The molecular weight excluding hydrogens is 343 g/mol. The topological polar surface area (TPSA) is 73.0 Å². The van der Waals surface area contributed by atoms with Crippen molar-refractivity contribution in [3.8, 4) is 16.5 Å². The van der Waals surface area contributed by atoms with E-state index in [2.05, 4.69) is 15.3 Å². The van der Waals surface area contributed by atoms with Crippen molar-refractivity contribution in [2.24, 2.45) is 0 Å². The van der Waals surface area contributed by atoms with E-state index < -0.39 is 11.7 Å². The van der Waals surface area contributed by atoms with E-state index >= 15 is 0 Å². The molecular formula is C17H11FN4O2S. The molecule has 25 heavy (non-hydrogen) atoms. The number of carbonyl (C=O) groups is 1. The molecule has 4 rings (SSSR count). The summed E-state index contributed by atoms with van der Waals surface area (Å²) in [5.74, 6) is -0.283. The minimum absolute atomic E-state index is 0.246. The Balaban J connectivity index is 1.52. The standard InChI is InChI=1S/C17H11FN4O2S/c18-12-8-11(3-4-14(12)22-6-5-19-10-22)20-16(23)13-9-25-17(21-13)15-2-1-7-24-15/h1-10H,(H,20,23). The van der Waals surface area contributed by atoms with Gasteiger partial charge in [0.2, 0.25) is 0 Å². The Hall–Kier alpha value is -3.26. The molecule has 124 valence electrons. The van der Waals surface area contributed by atoms with E-state index in [0.29, 0.717) is 22.1 Å². The average molecular weight is 354 g/mol. The molecule has 0 aliphatic heterocycles. The first-order valence-corrected chi connectivity index (χ1v) is 8.17. The molecule has 6 nitrogen and oxygen atoms in total. The van der Waals surface area contributed by atoms with Gasteiger partial charge in [-0.15, -0.1) is 11.3 Å². The Bertz CT molecular complexity index is 1010. The molecule has 0 aliphatic rings. The number of furan rings is 1. The van der Waals surface area contributed by atoms with Crippen molar-refractivity contribution in [1.82, 2.24) is 14.5 Å². The number of nitrogens with zero attached hydrogens (tertiary/aromatic N) is 3. The summed E-state index contributed by atoms with van der Waals surface area (Å²) in [6.07, 6.45) is 6.25. The number of hydrogen-bond donors (Lipinski definition) is 1. The van der Waals surface area contributed by atoms with Crippen molar-refractivity contribution in [1.29, 1.82) is 0 Å². The van der Waals surface area contributed by atoms with Crippen molar-refractivity contribution in [2.45, 2.75) is 0 Å². The van der Waals surface area contributed by atoms with Crippen LogP contribution in [0.5, 0.6) is 0 Å². The van der Waals surface area contributed by atoms with Crippen LogP contribution >= 0.6 is 11.3 Å². The zero-order valence-electron chi connectivity index (χ0n) is 12.7. The normalized spacial score (nSPS) is 10.8. The van der Waals surface area contributed by atoms with Crippen molar-refractivity contribution in [2.75, 3.05) is 5.32 Å². The maximum absolute atomic E-state index is 14.2. The van der Waals surface area contributed by atoms with Gasteiger partial charge in [0.25, 0.3) is 5.91 Å². The van der Waals surface area contributed by atoms with E-state index in [0.717, 1.165) is 0 Å². The molecule has 0 saturated carbocycles. The number of thiazole rings is 1. The van der Waals surface area contributed by atoms with Crippen molar-refractivity contribution < 1.29 is 13.6 Å². The number of hydrogen-bond acceptors (Lipinski definition) is 5. The van der Waals surface area contributed by atoms with Crippen LogP contribution in [-0.2, 0) is 0 Å². The van der Waals surface area contributed by atoms with Crippen LogP contribution in [0.4, 0.5) is 10.1 Å². The number of benzene rings is 1. The van der Waals surface area contributed by atoms with Gasteiger partial charge in [-0.3, -0.25) is 4.79 Å². The van der Waals surface area contributed by atoms with Crippen molar-refractivity contribution in [3.05, 3.63) is 72.2 Å². The molecule has 1 amide bonds. The summed E-state index contributed by atoms with van der Waals surface area (Å²) < 4.78 is 21.0. The van der Waals surface area contributed by atoms with Crippen LogP contribution in [0, 0.1) is 5.82 Å². The summed E-state index contributed by atoms with van der Waals surface area (Å²) in [4.78, 5) is 20.4. The van der Waals surface area contributed by atoms with E-state index in [9.17, 15) is 9.18 Å². The molecule has 0 bridgehead atoms. The molecule has 0 saturated heterocycles. The summed E-state index contributed by atoms with van der Waals surface area (Å²) in [5, 5.41) is 4.88. The van der Waals surface area contributed by atoms with Gasteiger partial charge in [0.1, 0.15) is 11.5 Å². The van der Waals surface area contributed by atoms with E-state index in [1.807, 2.05) is 0 Å². The fraction of sp³-hybridized carbons (Fsp3) is 0. The second-order valence-corrected chi connectivity index (χ2v) is 5.96. The lowest BCUT2D eigenvalue weighted by Gasteiger charge is -2.07. The van der Waals surface area contributed by atoms with Gasteiger partial charge < -0.3 is 14.3 Å². The molecule has 0 aliphatic carbocycles. The van der Waals surface area contributed by atoms with Crippen LogP contribution in [0.15, 0.2) is 65.1 Å². The Morgan fingerprint density at radius 2 is 2.24 bits per heavy atom. The first kappa shape index (κ1) is 15.3. The third-order valence-corrected chi connectivity index (χ3v) is 4.31. The van der Waals surface area contributed by atoms with Crippen LogP contribution in [0.25, 0.3) is 16.5 Å². The summed E-state index contributed by atoms with van der Waals surface area (Å²) in [6, 6.07) is 7.97. The molecule has 1 N–H and O–H groups in total. The third kappa shape index (κ3) is 3.07. The van der Waals surface area contributed by atoms with Crippen LogP contribution in [0.3, 0.4) is 0 Å². The van der Waals surface area contributed by atoms with E-state index in [1.165, 1.54) is 23.7 Å². The Morgan fingerprint density at radius 1 is 1.32 bits per heavy atom. The van der Waals surface area contributed by atoms with Crippen molar-refractivity contribution in [3.63, 3.8) is 0 Å². The summed E-state index contributed by atoms with van der Waals surface area (Å²) in [7, 11) is 0. The number of aromatic nitrogens is 3. The summed E-state index contributed by atoms with van der Waals surface area (Å²) >= 11 is 1.30. The lowest BCUT2D eigenvalue weighted by Crippen LogP contribution is -2.12. The highest BCUT2D eigenvalue weighted by atomic mass is 32.1.